The summed E-state index contributed by atoms with van der Waals surface area (Å²) in [4.78, 5) is 16.1. The van der Waals surface area contributed by atoms with E-state index in [1.807, 2.05) is 13.0 Å². The Bertz CT molecular complexity index is 599. The Hall–Kier alpha value is -1.88. The molecule has 0 fully saturated rings. The van der Waals surface area contributed by atoms with Crippen molar-refractivity contribution in [3.63, 3.8) is 0 Å². The van der Waals surface area contributed by atoms with Gasteiger partial charge in [0.1, 0.15) is 11.6 Å². The second-order valence-electron chi connectivity index (χ2n) is 3.78. The highest BCUT2D eigenvalue weighted by Crippen LogP contribution is 2.22. The number of hydrogen-bond donors (Lipinski definition) is 2. The van der Waals surface area contributed by atoms with Gasteiger partial charge in [-0.05, 0) is 37.3 Å². The second kappa shape index (κ2) is 5.18. The fourth-order valence-corrected chi connectivity index (χ4v) is 1.85. The third kappa shape index (κ3) is 2.87. The maximum absolute atomic E-state index is 12.0. The molecular formula is C13H11BrN2O2. The third-order valence-electron chi connectivity index (χ3n) is 2.33. The second-order valence-corrected chi connectivity index (χ2v) is 4.70. The number of aromatic hydroxyl groups is 1. The normalized spacial score (nSPS) is 10.1. The van der Waals surface area contributed by atoms with Crippen molar-refractivity contribution in [1.29, 1.82) is 0 Å². The Morgan fingerprint density at radius 2 is 2.11 bits per heavy atom. The van der Waals surface area contributed by atoms with Crippen LogP contribution in [0, 0.1) is 6.92 Å². The lowest BCUT2D eigenvalue weighted by molar-refractivity contribution is 0.102. The molecule has 0 radical (unpaired) electrons. The molecule has 92 valence electrons. The van der Waals surface area contributed by atoms with Crippen LogP contribution < -0.4 is 5.32 Å². The average molecular weight is 307 g/mol. The van der Waals surface area contributed by atoms with Gasteiger partial charge in [0.2, 0.25) is 0 Å². The van der Waals surface area contributed by atoms with E-state index in [-0.39, 0.29) is 11.3 Å². The lowest BCUT2D eigenvalue weighted by Gasteiger charge is -2.07. The molecule has 0 aliphatic heterocycles. The van der Waals surface area contributed by atoms with Crippen molar-refractivity contribution in [3.8, 4) is 5.75 Å². The van der Waals surface area contributed by atoms with Crippen molar-refractivity contribution >= 4 is 27.7 Å². The fraction of sp³-hybridized carbons (Fsp3) is 0.0769. The molecular weight excluding hydrogens is 296 g/mol. The van der Waals surface area contributed by atoms with E-state index in [1.54, 1.807) is 24.3 Å². The van der Waals surface area contributed by atoms with Crippen LogP contribution in [0.3, 0.4) is 0 Å². The van der Waals surface area contributed by atoms with E-state index in [0.29, 0.717) is 5.82 Å². The van der Waals surface area contributed by atoms with Gasteiger partial charge in [0.05, 0.1) is 5.56 Å². The van der Waals surface area contributed by atoms with E-state index in [0.717, 1.165) is 10.2 Å². The summed E-state index contributed by atoms with van der Waals surface area (Å²) >= 11 is 3.25. The number of phenolic OH excluding ortho intramolecular Hbond substituents is 1. The summed E-state index contributed by atoms with van der Waals surface area (Å²) in [6.45, 7) is 1.84. The molecule has 2 aromatic rings. The minimum absolute atomic E-state index is 0.0663. The van der Waals surface area contributed by atoms with E-state index < -0.39 is 5.91 Å². The summed E-state index contributed by atoms with van der Waals surface area (Å²) in [6.07, 6.45) is 0. The van der Waals surface area contributed by atoms with E-state index >= 15 is 0 Å². The molecule has 0 spiro atoms. The summed E-state index contributed by atoms with van der Waals surface area (Å²) in [5, 5.41) is 12.3. The van der Waals surface area contributed by atoms with E-state index in [4.69, 9.17) is 0 Å². The lowest BCUT2D eigenvalue weighted by Crippen LogP contribution is -2.13. The van der Waals surface area contributed by atoms with Gasteiger partial charge in [0, 0.05) is 10.2 Å². The number of carbonyl (C=O) groups excluding carboxylic acids is 1. The number of rotatable bonds is 2. The molecule has 1 heterocycles. The number of aryl methyl sites for hydroxylation is 1. The Balaban J connectivity index is 2.24. The molecule has 1 aromatic carbocycles. The number of carbonyl (C=O) groups is 1. The highest BCUT2D eigenvalue weighted by atomic mass is 79.9. The topological polar surface area (TPSA) is 62.2 Å². The van der Waals surface area contributed by atoms with Gasteiger partial charge in [-0.3, -0.25) is 4.79 Å². The van der Waals surface area contributed by atoms with Gasteiger partial charge >= 0.3 is 0 Å². The number of nitrogens with one attached hydrogen (secondary N) is 1. The van der Waals surface area contributed by atoms with Gasteiger partial charge in [0.25, 0.3) is 5.91 Å². The zero-order chi connectivity index (χ0) is 13.1. The van der Waals surface area contributed by atoms with E-state index in [2.05, 4.69) is 26.2 Å². The zero-order valence-corrected chi connectivity index (χ0v) is 11.2. The molecule has 0 atom stereocenters. The van der Waals surface area contributed by atoms with Crippen LogP contribution in [0.4, 0.5) is 5.82 Å². The molecule has 1 aromatic heterocycles. The molecule has 0 unspecified atom stereocenters. The molecule has 18 heavy (non-hydrogen) atoms. The molecule has 4 nitrogen and oxygen atoms in total. The molecule has 5 heteroatoms. The fourth-order valence-electron chi connectivity index (χ4n) is 1.49. The first-order valence-corrected chi connectivity index (χ1v) is 6.09. The van der Waals surface area contributed by atoms with Crippen LogP contribution in [0.15, 0.2) is 40.9 Å². The number of benzene rings is 1. The van der Waals surface area contributed by atoms with Crippen molar-refractivity contribution in [1.82, 2.24) is 4.98 Å². The van der Waals surface area contributed by atoms with Crippen molar-refractivity contribution in [2.45, 2.75) is 6.92 Å². The number of pyridine rings is 1. The first kappa shape index (κ1) is 12.6. The Kier molecular flexibility index (Phi) is 3.62. The molecule has 0 bridgehead atoms. The molecule has 2 rings (SSSR count). The van der Waals surface area contributed by atoms with Gasteiger partial charge in [-0.25, -0.2) is 4.98 Å². The van der Waals surface area contributed by atoms with Gasteiger partial charge in [0.15, 0.2) is 0 Å². The van der Waals surface area contributed by atoms with Gasteiger partial charge in [-0.1, -0.05) is 22.0 Å². The van der Waals surface area contributed by atoms with Crippen molar-refractivity contribution in [3.05, 3.63) is 52.1 Å². The number of nitrogens with zero attached hydrogens (tertiary/aromatic N) is 1. The summed E-state index contributed by atoms with van der Waals surface area (Å²) in [5.41, 5.74) is 1.01. The third-order valence-corrected chi connectivity index (χ3v) is 2.83. The van der Waals surface area contributed by atoms with Gasteiger partial charge in [-0.15, -0.1) is 0 Å². The number of aromatic nitrogens is 1. The predicted molar refractivity (Wildman–Crippen MR) is 72.7 cm³/mol. The SMILES string of the molecule is Cc1cccc(NC(=O)c2cc(Br)ccc2O)n1. The van der Waals surface area contributed by atoms with E-state index in [1.165, 1.54) is 6.07 Å². The Labute approximate surface area is 113 Å². The van der Waals surface area contributed by atoms with Crippen LogP contribution in [-0.2, 0) is 0 Å². The minimum Gasteiger partial charge on any atom is -0.507 e. The van der Waals surface area contributed by atoms with Crippen LogP contribution in [-0.4, -0.2) is 16.0 Å². The monoisotopic (exact) mass is 306 g/mol. The lowest BCUT2D eigenvalue weighted by atomic mass is 10.2. The quantitative estimate of drug-likeness (QED) is 0.896. The molecule has 0 aliphatic carbocycles. The Morgan fingerprint density at radius 3 is 2.83 bits per heavy atom. The average Bonchev–Trinajstić information content (AvgIpc) is 2.32. The summed E-state index contributed by atoms with van der Waals surface area (Å²) in [5.74, 6) is -0.00497. The van der Waals surface area contributed by atoms with Gasteiger partial charge < -0.3 is 10.4 Å². The van der Waals surface area contributed by atoms with Crippen LogP contribution in [0.25, 0.3) is 0 Å². The van der Waals surface area contributed by atoms with Crippen molar-refractivity contribution < 1.29 is 9.90 Å². The van der Waals surface area contributed by atoms with E-state index in [9.17, 15) is 9.90 Å². The van der Waals surface area contributed by atoms with Crippen molar-refractivity contribution in [2.75, 3.05) is 5.32 Å². The molecule has 0 saturated carbocycles. The predicted octanol–water partition coefficient (Wildman–Crippen LogP) is 3.11. The summed E-state index contributed by atoms with van der Waals surface area (Å²) in [6, 6.07) is 10.0. The number of amides is 1. The molecule has 2 N–H and O–H groups in total. The largest absolute Gasteiger partial charge is 0.507 e. The standard InChI is InChI=1S/C13H11BrN2O2/c1-8-3-2-4-12(15-8)16-13(18)10-7-9(14)5-6-11(10)17/h2-7,17H,1H3,(H,15,16,18). The number of hydrogen-bond acceptors (Lipinski definition) is 3. The minimum atomic E-state index is -0.396. The maximum atomic E-state index is 12.0. The first-order valence-electron chi connectivity index (χ1n) is 5.30. The van der Waals surface area contributed by atoms with Crippen LogP contribution in [0.5, 0.6) is 5.75 Å². The highest BCUT2D eigenvalue weighted by Gasteiger charge is 2.12. The van der Waals surface area contributed by atoms with Gasteiger partial charge in [-0.2, -0.15) is 0 Å². The molecule has 1 amide bonds. The zero-order valence-electron chi connectivity index (χ0n) is 9.64. The van der Waals surface area contributed by atoms with Crippen LogP contribution in [0.2, 0.25) is 0 Å². The molecule has 0 saturated heterocycles. The number of halogens is 1. The van der Waals surface area contributed by atoms with Crippen molar-refractivity contribution in [2.24, 2.45) is 0 Å². The Morgan fingerprint density at radius 1 is 1.33 bits per heavy atom. The summed E-state index contributed by atoms with van der Waals surface area (Å²) in [7, 11) is 0. The first-order chi connectivity index (χ1) is 8.56. The number of phenols is 1. The maximum Gasteiger partial charge on any atom is 0.260 e. The highest BCUT2D eigenvalue weighted by molar-refractivity contribution is 9.10. The summed E-state index contributed by atoms with van der Waals surface area (Å²) < 4.78 is 0.725. The molecule has 0 aliphatic rings. The number of anilines is 1. The van der Waals surface area contributed by atoms with Crippen LogP contribution in [0.1, 0.15) is 16.1 Å². The van der Waals surface area contributed by atoms with Crippen LogP contribution >= 0.6 is 15.9 Å². The smallest absolute Gasteiger partial charge is 0.260 e.